The number of hydrogen-bond donors (Lipinski definition) is 2. The van der Waals surface area contributed by atoms with Crippen LogP contribution in [0.15, 0.2) is 48.5 Å². The fourth-order valence-corrected chi connectivity index (χ4v) is 2.02. The van der Waals surface area contributed by atoms with Gasteiger partial charge in [0.2, 0.25) is 0 Å². The zero-order valence-corrected chi connectivity index (χ0v) is 13.8. The molecule has 2 amide bonds. The summed E-state index contributed by atoms with van der Waals surface area (Å²) >= 11 is 5.92. The van der Waals surface area contributed by atoms with Crippen LogP contribution in [-0.2, 0) is 4.79 Å². The summed E-state index contributed by atoms with van der Waals surface area (Å²) in [5.74, 6) is 0.00969. The molecule has 126 valence electrons. The van der Waals surface area contributed by atoms with Crippen LogP contribution in [0, 0.1) is 0 Å². The van der Waals surface area contributed by atoms with Crippen molar-refractivity contribution in [3.8, 4) is 11.5 Å². The van der Waals surface area contributed by atoms with E-state index in [1.807, 2.05) is 6.92 Å². The zero-order chi connectivity index (χ0) is 17.4. The Hall–Kier alpha value is -2.73. The van der Waals surface area contributed by atoms with E-state index >= 15 is 0 Å². The van der Waals surface area contributed by atoms with Crippen molar-refractivity contribution in [1.82, 2.24) is 10.9 Å². The molecule has 2 aromatic rings. The van der Waals surface area contributed by atoms with Crippen LogP contribution in [0.2, 0.25) is 5.02 Å². The van der Waals surface area contributed by atoms with Gasteiger partial charge in [0.05, 0.1) is 11.6 Å². The third kappa shape index (κ3) is 5.17. The molecule has 0 atom stereocenters. The van der Waals surface area contributed by atoms with Gasteiger partial charge in [-0.05, 0) is 37.3 Å². The molecule has 0 saturated carbocycles. The van der Waals surface area contributed by atoms with Crippen molar-refractivity contribution in [2.75, 3.05) is 13.2 Å². The first-order chi connectivity index (χ1) is 11.6. The van der Waals surface area contributed by atoms with Gasteiger partial charge < -0.3 is 9.47 Å². The second kappa shape index (κ2) is 8.79. The van der Waals surface area contributed by atoms with E-state index in [4.69, 9.17) is 21.1 Å². The van der Waals surface area contributed by atoms with Crippen LogP contribution in [-0.4, -0.2) is 25.0 Å². The lowest BCUT2D eigenvalue weighted by Gasteiger charge is -2.10. The molecule has 6 nitrogen and oxygen atoms in total. The maximum absolute atomic E-state index is 12.0. The highest BCUT2D eigenvalue weighted by atomic mass is 35.5. The average molecular weight is 349 g/mol. The van der Waals surface area contributed by atoms with Crippen molar-refractivity contribution in [1.29, 1.82) is 0 Å². The molecule has 0 saturated heterocycles. The Morgan fingerprint density at radius 1 is 1.04 bits per heavy atom. The summed E-state index contributed by atoms with van der Waals surface area (Å²) < 4.78 is 10.6. The summed E-state index contributed by atoms with van der Waals surface area (Å²) in [6, 6.07) is 13.4. The molecule has 2 N–H and O–H groups in total. The number of rotatable bonds is 6. The number of ether oxygens (including phenoxy) is 2. The Balaban J connectivity index is 1.82. The minimum atomic E-state index is -0.510. The van der Waals surface area contributed by atoms with Crippen molar-refractivity contribution in [2.45, 2.75) is 6.92 Å². The fraction of sp³-hybridized carbons (Fsp3) is 0.176. The molecule has 0 aliphatic rings. The van der Waals surface area contributed by atoms with Gasteiger partial charge in [0, 0.05) is 5.56 Å². The highest BCUT2D eigenvalue weighted by Gasteiger charge is 2.09. The Bertz CT molecular complexity index is 721. The third-order valence-electron chi connectivity index (χ3n) is 2.92. The maximum atomic E-state index is 12.0. The summed E-state index contributed by atoms with van der Waals surface area (Å²) in [5.41, 5.74) is 4.96. The molecule has 0 bridgehead atoms. The number of hydrazine groups is 1. The zero-order valence-electron chi connectivity index (χ0n) is 13.0. The molecule has 0 spiro atoms. The van der Waals surface area contributed by atoms with Gasteiger partial charge in [0.1, 0.15) is 11.5 Å². The van der Waals surface area contributed by atoms with Crippen LogP contribution >= 0.6 is 11.6 Å². The van der Waals surface area contributed by atoms with E-state index in [-0.39, 0.29) is 6.61 Å². The van der Waals surface area contributed by atoms with Gasteiger partial charge in [-0.2, -0.15) is 0 Å². The Morgan fingerprint density at radius 2 is 1.83 bits per heavy atom. The molecule has 0 radical (unpaired) electrons. The molecule has 2 rings (SSSR count). The SMILES string of the molecule is CCOc1cccc(C(=O)NNC(=O)COc2ccccc2Cl)c1. The highest BCUT2D eigenvalue weighted by Crippen LogP contribution is 2.22. The van der Waals surface area contributed by atoms with Crippen molar-refractivity contribution < 1.29 is 19.1 Å². The van der Waals surface area contributed by atoms with Crippen molar-refractivity contribution in [2.24, 2.45) is 0 Å². The average Bonchev–Trinajstić information content (AvgIpc) is 2.59. The summed E-state index contributed by atoms with van der Waals surface area (Å²) in [6.45, 7) is 2.08. The summed E-state index contributed by atoms with van der Waals surface area (Å²) in [7, 11) is 0. The smallest absolute Gasteiger partial charge is 0.276 e. The molecule has 0 fully saturated rings. The molecule has 0 aliphatic carbocycles. The minimum Gasteiger partial charge on any atom is -0.494 e. The van der Waals surface area contributed by atoms with Gasteiger partial charge in [-0.3, -0.25) is 20.4 Å². The number of carbonyl (C=O) groups excluding carboxylic acids is 2. The number of hydrogen-bond acceptors (Lipinski definition) is 4. The standard InChI is InChI=1S/C17H17ClN2O4/c1-2-23-13-7-5-6-12(10-13)17(22)20-19-16(21)11-24-15-9-4-3-8-14(15)18/h3-10H,2,11H2,1H3,(H,19,21)(H,20,22). The molecule has 0 heterocycles. The van der Waals surface area contributed by atoms with Gasteiger partial charge in [-0.25, -0.2) is 0 Å². The molecular formula is C17H17ClN2O4. The lowest BCUT2D eigenvalue weighted by atomic mass is 10.2. The first kappa shape index (κ1) is 17.6. The van der Waals surface area contributed by atoms with Gasteiger partial charge >= 0.3 is 0 Å². The largest absolute Gasteiger partial charge is 0.494 e. The van der Waals surface area contributed by atoms with E-state index < -0.39 is 11.8 Å². The van der Waals surface area contributed by atoms with E-state index in [0.29, 0.717) is 28.7 Å². The Morgan fingerprint density at radius 3 is 2.58 bits per heavy atom. The summed E-state index contributed by atoms with van der Waals surface area (Å²) in [4.78, 5) is 23.7. The number of benzene rings is 2. The van der Waals surface area contributed by atoms with E-state index in [2.05, 4.69) is 10.9 Å². The van der Waals surface area contributed by atoms with E-state index in [1.54, 1.807) is 48.5 Å². The normalized spacial score (nSPS) is 9.92. The van der Waals surface area contributed by atoms with Crippen molar-refractivity contribution in [3.63, 3.8) is 0 Å². The Kier molecular flexibility index (Phi) is 6.45. The lowest BCUT2D eigenvalue weighted by molar-refractivity contribution is -0.123. The molecular weight excluding hydrogens is 332 g/mol. The quantitative estimate of drug-likeness (QED) is 0.787. The number of para-hydroxylation sites is 1. The van der Waals surface area contributed by atoms with Gasteiger partial charge in [-0.1, -0.05) is 29.8 Å². The van der Waals surface area contributed by atoms with Crippen LogP contribution in [0.25, 0.3) is 0 Å². The highest BCUT2D eigenvalue weighted by molar-refractivity contribution is 6.32. The maximum Gasteiger partial charge on any atom is 0.276 e. The molecule has 0 unspecified atom stereocenters. The van der Waals surface area contributed by atoms with Gasteiger partial charge in [0.25, 0.3) is 11.8 Å². The minimum absolute atomic E-state index is 0.275. The van der Waals surface area contributed by atoms with Crippen LogP contribution < -0.4 is 20.3 Å². The second-order valence-corrected chi connectivity index (χ2v) is 5.09. The third-order valence-corrected chi connectivity index (χ3v) is 3.23. The number of halogens is 1. The Labute approximate surface area is 144 Å². The first-order valence-electron chi connectivity index (χ1n) is 7.29. The first-order valence-corrected chi connectivity index (χ1v) is 7.67. The molecule has 24 heavy (non-hydrogen) atoms. The van der Waals surface area contributed by atoms with Gasteiger partial charge in [-0.15, -0.1) is 0 Å². The van der Waals surface area contributed by atoms with E-state index in [0.717, 1.165) is 0 Å². The van der Waals surface area contributed by atoms with Crippen LogP contribution in [0.5, 0.6) is 11.5 Å². The van der Waals surface area contributed by atoms with Gasteiger partial charge in [0.15, 0.2) is 6.61 Å². The lowest BCUT2D eigenvalue weighted by Crippen LogP contribution is -2.43. The molecule has 2 aromatic carbocycles. The predicted octanol–water partition coefficient (Wildman–Crippen LogP) is 2.58. The van der Waals surface area contributed by atoms with Crippen LogP contribution in [0.3, 0.4) is 0 Å². The van der Waals surface area contributed by atoms with Crippen molar-refractivity contribution >= 4 is 23.4 Å². The van der Waals surface area contributed by atoms with E-state index in [9.17, 15) is 9.59 Å². The van der Waals surface area contributed by atoms with Crippen LogP contribution in [0.4, 0.5) is 0 Å². The number of carbonyl (C=O) groups is 2. The van der Waals surface area contributed by atoms with E-state index in [1.165, 1.54) is 0 Å². The van der Waals surface area contributed by atoms with Crippen LogP contribution in [0.1, 0.15) is 17.3 Å². The monoisotopic (exact) mass is 348 g/mol. The second-order valence-electron chi connectivity index (χ2n) is 4.68. The summed E-state index contributed by atoms with van der Waals surface area (Å²) in [6.07, 6.45) is 0. The molecule has 0 aliphatic heterocycles. The molecule has 0 aromatic heterocycles. The number of nitrogens with one attached hydrogen (secondary N) is 2. The summed E-state index contributed by atoms with van der Waals surface area (Å²) in [5, 5.41) is 0.405. The predicted molar refractivity (Wildman–Crippen MR) is 90.2 cm³/mol. The number of amides is 2. The van der Waals surface area contributed by atoms with Crippen molar-refractivity contribution in [3.05, 3.63) is 59.1 Å². The molecule has 7 heteroatoms. The fourth-order valence-electron chi connectivity index (χ4n) is 1.83. The topological polar surface area (TPSA) is 76.7 Å².